The fraction of sp³-hybridized carbons (Fsp3) is 0.152. The van der Waals surface area contributed by atoms with Gasteiger partial charge in [-0.3, -0.25) is 0 Å². The smallest absolute Gasteiger partial charge is 0.164 e. The molecule has 1 N–H and O–H groups in total. The van der Waals surface area contributed by atoms with Crippen molar-refractivity contribution in [3.63, 3.8) is 0 Å². The number of phenolic OH excluding ortho intramolecular Hbond substituents is 1. The molecule has 0 amide bonds. The van der Waals surface area contributed by atoms with Crippen LogP contribution < -0.4 is 14.2 Å². The molecule has 0 spiro atoms. The minimum absolute atomic E-state index is 0.0784. The number of hydrogen-bond donors (Lipinski definition) is 1. The van der Waals surface area contributed by atoms with Gasteiger partial charge < -0.3 is 19.3 Å². The Balaban J connectivity index is 1.73. The maximum absolute atomic E-state index is 10.4. The summed E-state index contributed by atoms with van der Waals surface area (Å²) in [5, 5.41) is 18.3. The van der Waals surface area contributed by atoms with E-state index in [1.54, 1.807) is 20.3 Å². The molecular formula is C33H29N3O4. The molecule has 0 aliphatic carbocycles. The molecule has 0 fully saturated rings. The van der Waals surface area contributed by atoms with Crippen molar-refractivity contribution in [2.45, 2.75) is 13.3 Å². The zero-order valence-corrected chi connectivity index (χ0v) is 22.6. The molecule has 2 aromatic heterocycles. The van der Waals surface area contributed by atoms with Crippen molar-refractivity contribution in [2.75, 3.05) is 20.8 Å². The number of pyridine rings is 1. The van der Waals surface area contributed by atoms with E-state index in [9.17, 15) is 5.11 Å². The monoisotopic (exact) mass is 531 g/mol. The highest BCUT2D eigenvalue weighted by atomic mass is 16.5. The Labute approximate surface area is 232 Å². The van der Waals surface area contributed by atoms with Crippen molar-refractivity contribution >= 4 is 21.8 Å². The minimum atomic E-state index is 0.0784. The summed E-state index contributed by atoms with van der Waals surface area (Å²) in [4.78, 5) is 5.24. The third-order valence-corrected chi connectivity index (χ3v) is 6.95. The van der Waals surface area contributed by atoms with Crippen LogP contribution in [-0.2, 0) is 6.42 Å². The van der Waals surface area contributed by atoms with Crippen molar-refractivity contribution in [1.29, 1.82) is 0 Å². The van der Waals surface area contributed by atoms with E-state index in [4.69, 9.17) is 24.3 Å². The van der Waals surface area contributed by atoms with E-state index in [1.165, 1.54) is 0 Å². The van der Waals surface area contributed by atoms with E-state index in [0.717, 1.165) is 44.3 Å². The lowest BCUT2D eigenvalue weighted by Gasteiger charge is -2.15. The van der Waals surface area contributed by atoms with Gasteiger partial charge in [-0.25, -0.2) is 9.67 Å². The van der Waals surface area contributed by atoms with Crippen molar-refractivity contribution < 1.29 is 19.3 Å². The van der Waals surface area contributed by atoms with Crippen LogP contribution in [0.15, 0.2) is 91.0 Å². The Morgan fingerprint density at radius 2 is 1.45 bits per heavy atom. The van der Waals surface area contributed by atoms with Crippen LogP contribution in [0.2, 0.25) is 0 Å². The Kier molecular flexibility index (Phi) is 6.70. The molecule has 0 aliphatic heterocycles. The van der Waals surface area contributed by atoms with Crippen LogP contribution in [0.3, 0.4) is 0 Å². The zero-order chi connectivity index (χ0) is 27.6. The van der Waals surface area contributed by atoms with E-state index >= 15 is 0 Å². The summed E-state index contributed by atoms with van der Waals surface area (Å²) in [5.41, 5.74) is 5.20. The summed E-state index contributed by atoms with van der Waals surface area (Å²) in [6.07, 6.45) is 0.634. The standard InChI is InChI=1S/C33H29N3O4/c1-4-40-28-18-22(15-16-27(28)37)32-25-20-30(39-3)29(38-2)19-24(25)31-26(17-21-11-7-5-8-12-21)35-36(33(31)34-32)23-13-9-6-10-14-23/h5-16,18-20,37H,4,17H2,1-3H3. The molecule has 0 bridgehead atoms. The Morgan fingerprint density at radius 1 is 0.775 bits per heavy atom. The van der Waals surface area contributed by atoms with Crippen molar-refractivity contribution in [1.82, 2.24) is 14.8 Å². The third kappa shape index (κ3) is 4.45. The quantitative estimate of drug-likeness (QED) is 0.229. The van der Waals surface area contributed by atoms with Gasteiger partial charge in [0.2, 0.25) is 0 Å². The molecule has 200 valence electrons. The lowest BCUT2D eigenvalue weighted by Crippen LogP contribution is -2.00. The number of aromatic nitrogens is 3. The van der Waals surface area contributed by atoms with Crippen molar-refractivity contribution in [3.05, 3.63) is 102 Å². The number of ether oxygens (including phenoxy) is 3. The fourth-order valence-electron chi connectivity index (χ4n) is 5.09. The first-order valence-corrected chi connectivity index (χ1v) is 13.1. The second kappa shape index (κ2) is 10.6. The van der Waals surface area contributed by atoms with Crippen molar-refractivity contribution in [3.8, 4) is 39.9 Å². The molecule has 0 saturated heterocycles. The van der Waals surface area contributed by atoms with Gasteiger partial charge in [0.25, 0.3) is 0 Å². The maximum atomic E-state index is 10.4. The van der Waals surface area contributed by atoms with Gasteiger partial charge in [0, 0.05) is 22.8 Å². The first-order chi connectivity index (χ1) is 19.6. The molecule has 7 nitrogen and oxygen atoms in total. The Bertz CT molecular complexity index is 1820. The van der Waals surface area contributed by atoms with Crippen LogP contribution in [-0.4, -0.2) is 40.7 Å². The predicted octanol–water partition coefficient (Wildman–Crippen LogP) is 6.95. The molecule has 0 unspecified atom stereocenters. The number of aromatic hydroxyl groups is 1. The first kappa shape index (κ1) is 25.2. The Morgan fingerprint density at radius 3 is 2.12 bits per heavy atom. The van der Waals surface area contributed by atoms with E-state index in [0.29, 0.717) is 36.0 Å². The number of fused-ring (bicyclic) bond motifs is 3. The van der Waals surface area contributed by atoms with Gasteiger partial charge in [-0.2, -0.15) is 5.10 Å². The Hall–Kier alpha value is -5.04. The molecule has 0 atom stereocenters. The minimum Gasteiger partial charge on any atom is -0.504 e. The lowest BCUT2D eigenvalue weighted by molar-refractivity contribution is 0.318. The molecule has 6 aromatic rings. The number of nitrogens with zero attached hydrogens (tertiary/aromatic N) is 3. The van der Waals surface area contributed by atoms with Crippen molar-refractivity contribution in [2.24, 2.45) is 0 Å². The molecule has 0 aliphatic rings. The highest BCUT2D eigenvalue weighted by molar-refractivity contribution is 6.12. The molecule has 40 heavy (non-hydrogen) atoms. The average Bonchev–Trinajstić information content (AvgIpc) is 3.36. The SMILES string of the molecule is CCOc1cc(-c2nc3c(c(Cc4ccccc4)nn3-c3ccccc3)c3cc(OC)c(OC)cc23)ccc1O. The first-order valence-electron chi connectivity index (χ1n) is 13.1. The van der Waals surface area contributed by atoms with Gasteiger partial charge in [-0.15, -0.1) is 0 Å². The molecule has 0 radical (unpaired) electrons. The molecule has 7 heteroatoms. The zero-order valence-electron chi connectivity index (χ0n) is 22.6. The van der Waals surface area contributed by atoms with Crippen LogP contribution in [0.25, 0.3) is 38.8 Å². The summed E-state index contributed by atoms with van der Waals surface area (Å²) in [7, 11) is 3.26. The summed E-state index contributed by atoms with van der Waals surface area (Å²) in [5.74, 6) is 1.69. The summed E-state index contributed by atoms with van der Waals surface area (Å²) >= 11 is 0. The summed E-state index contributed by atoms with van der Waals surface area (Å²) in [6, 6.07) is 29.5. The number of methoxy groups -OCH3 is 2. The predicted molar refractivity (Wildman–Crippen MR) is 157 cm³/mol. The number of phenols is 1. The maximum Gasteiger partial charge on any atom is 0.164 e. The van der Waals surface area contributed by atoms with E-state index in [1.807, 2.05) is 84.4 Å². The van der Waals surface area contributed by atoms with E-state index in [-0.39, 0.29) is 5.75 Å². The number of benzene rings is 4. The number of rotatable bonds is 8. The topological polar surface area (TPSA) is 78.6 Å². The van der Waals surface area contributed by atoms with Gasteiger partial charge in [-0.05, 0) is 55.0 Å². The molecule has 0 saturated carbocycles. The van der Waals surface area contributed by atoms with Crippen LogP contribution in [0.4, 0.5) is 0 Å². The molecule has 4 aromatic carbocycles. The van der Waals surface area contributed by atoms with Crippen LogP contribution in [0.1, 0.15) is 18.2 Å². The van der Waals surface area contributed by atoms with Gasteiger partial charge >= 0.3 is 0 Å². The molecule has 6 rings (SSSR count). The highest BCUT2D eigenvalue weighted by Gasteiger charge is 2.22. The summed E-state index contributed by atoms with van der Waals surface area (Å²) in [6.45, 7) is 2.31. The molecular weight excluding hydrogens is 502 g/mol. The number of hydrogen-bond acceptors (Lipinski definition) is 6. The highest BCUT2D eigenvalue weighted by Crippen LogP contribution is 2.42. The summed E-state index contributed by atoms with van der Waals surface area (Å²) < 4.78 is 19.0. The van der Waals surface area contributed by atoms with Gasteiger partial charge in [0.05, 0.1) is 43.3 Å². The normalized spacial score (nSPS) is 11.2. The average molecular weight is 532 g/mol. The molecule has 2 heterocycles. The number of para-hydroxylation sites is 1. The van der Waals surface area contributed by atoms with Gasteiger partial charge in [0.15, 0.2) is 28.6 Å². The van der Waals surface area contributed by atoms with Crippen LogP contribution in [0, 0.1) is 0 Å². The lowest BCUT2D eigenvalue weighted by atomic mass is 9.98. The van der Waals surface area contributed by atoms with Crippen LogP contribution in [0.5, 0.6) is 23.0 Å². The van der Waals surface area contributed by atoms with Crippen LogP contribution >= 0.6 is 0 Å². The third-order valence-electron chi connectivity index (χ3n) is 6.95. The van der Waals surface area contributed by atoms with E-state index in [2.05, 4.69) is 12.1 Å². The fourth-order valence-corrected chi connectivity index (χ4v) is 5.09. The second-order valence-corrected chi connectivity index (χ2v) is 9.38. The van der Waals surface area contributed by atoms with Gasteiger partial charge in [-0.1, -0.05) is 48.5 Å². The van der Waals surface area contributed by atoms with Gasteiger partial charge in [0.1, 0.15) is 0 Å². The van der Waals surface area contributed by atoms with E-state index < -0.39 is 0 Å². The second-order valence-electron chi connectivity index (χ2n) is 9.38. The largest absolute Gasteiger partial charge is 0.504 e.